The summed E-state index contributed by atoms with van der Waals surface area (Å²) in [5.74, 6) is 2.43. The number of ether oxygens (including phenoxy) is 4. The fraction of sp³-hybridized carbons (Fsp3) is 0.500. The lowest BCUT2D eigenvalue weighted by Crippen LogP contribution is -2.52. The van der Waals surface area contributed by atoms with Gasteiger partial charge in [0.1, 0.15) is 11.2 Å². The molecule has 0 radical (unpaired) electrons. The Morgan fingerprint density at radius 2 is 1.11 bits per heavy atom. The van der Waals surface area contributed by atoms with Gasteiger partial charge >= 0.3 is 0 Å². The third-order valence-corrected chi connectivity index (χ3v) is 6.80. The Morgan fingerprint density at radius 1 is 0.722 bits per heavy atom. The molecule has 3 aliphatic heterocycles. The number of rotatable bonds is 6. The van der Waals surface area contributed by atoms with Gasteiger partial charge in [-0.1, -0.05) is 24.3 Å². The Hall–Kier alpha value is -3.42. The molecule has 1 fully saturated rings. The molecular formula is C28H34N2O6. The highest BCUT2D eigenvalue weighted by Crippen LogP contribution is 2.42. The molecule has 0 saturated carbocycles. The number of nitrogens with zero attached hydrogens (tertiary/aromatic N) is 2. The lowest BCUT2D eigenvalue weighted by atomic mass is 10.0. The van der Waals surface area contributed by atoms with E-state index >= 15 is 0 Å². The molecular weight excluding hydrogens is 460 g/mol. The summed E-state index contributed by atoms with van der Waals surface area (Å²) < 4.78 is 23.7. The first kappa shape index (κ1) is 24.3. The summed E-state index contributed by atoms with van der Waals surface area (Å²) in [7, 11) is 0. The number of benzene rings is 2. The van der Waals surface area contributed by atoms with Crippen molar-refractivity contribution in [2.75, 3.05) is 39.4 Å². The van der Waals surface area contributed by atoms with Crippen LogP contribution in [0, 0.1) is 0 Å². The van der Waals surface area contributed by atoms with Crippen LogP contribution in [-0.2, 0) is 22.4 Å². The van der Waals surface area contributed by atoms with Gasteiger partial charge in [-0.3, -0.25) is 9.59 Å². The lowest BCUT2D eigenvalue weighted by molar-refractivity contribution is -0.141. The number of piperazine rings is 1. The summed E-state index contributed by atoms with van der Waals surface area (Å²) in [6, 6.07) is 11.6. The van der Waals surface area contributed by atoms with Gasteiger partial charge in [0.05, 0.1) is 0 Å². The van der Waals surface area contributed by atoms with Crippen molar-refractivity contribution in [3.63, 3.8) is 0 Å². The fourth-order valence-corrected chi connectivity index (χ4v) is 5.07. The summed E-state index contributed by atoms with van der Waals surface area (Å²) in [4.78, 5) is 29.0. The predicted molar refractivity (Wildman–Crippen MR) is 134 cm³/mol. The van der Waals surface area contributed by atoms with E-state index in [1.807, 2.05) is 64.1 Å². The van der Waals surface area contributed by atoms with Crippen molar-refractivity contribution in [1.29, 1.82) is 0 Å². The first-order valence-electron chi connectivity index (χ1n) is 12.5. The third kappa shape index (κ3) is 5.08. The van der Waals surface area contributed by atoms with Gasteiger partial charge in [-0.25, -0.2) is 0 Å². The second kappa shape index (κ2) is 9.22. The van der Waals surface area contributed by atoms with Crippen LogP contribution in [0.15, 0.2) is 36.4 Å². The molecule has 2 amide bonds. The van der Waals surface area contributed by atoms with E-state index in [0.29, 0.717) is 37.7 Å². The van der Waals surface area contributed by atoms with Gasteiger partial charge in [0, 0.05) is 50.1 Å². The molecule has 2 aromatic rings. The molecule has 0 unspecified atom stereocenters. The van der Waals surface area contributed by atoms with Crippen molar-refractivity contribution in [3.8, 4) is 23.0 Å². The standard InChI is InChI=1S/C28H34N2O6/c1-27(2)15-19-7-5-9-21(25(19)35-27)33-17-23(31)29-11-13-30(14-12-29)24(32)18-34-22-10-6-8-20-16-28(3,4)36-26(20)22/h5-10H,11-18H2,1-4H3. The topological polar surface area (TPSA) is 77.5 Å². The number of carbonyl (C=O) groups is 2. The zero-order valence-corrected chi connectivity index (χ0v) is 21.5. The number of amides is 2. The van der Waals surface area contributed by atoms with Gasteiger partial charge < -0.3 is 28.7 Å². The molecule has 0 spiro atoms. The van der Waals surface area contributed by atoms with Gasteiger partial charge in [-0.2, -0.15) is 0 Å². The Bertz CT molecular complexity index is 1080. The maximum Gasteiger partial charge on any atom is 0.260 e. The molecule has 0 bridgehead atoms. The zero-order valence-electron chi connectivity index (χ0n) is 21.5. The summed E-state index contributed by atoms with van der Waals surface area (Å²) in [5.41, 5.74) is 1.63. The van der Waals surface area contributed by atoms with Crippen molar-refractivity contribution in [3.05, 3.63) is 47.5 Å². The van der Waals surface area contributed by atoms with Gasteiger partial charge in [-0.15, -0.1) is 0 Å². The highest BCUT2D eigenvalue weighted by Gasteiger charge is 2.34. The molecule has 5 rings (SSSR count). The van der Waals surface area contributed by atoms with Crippen LogP contribution >= 0.6 is 0 Å². The number of hydrogen-bond donors (Lipinski definition) is 0. The maximum absolute atomic E-state index is 12.8. The Kier molecular flexibility index (Phi) is 6.22. The minimum absolute atomic E-state index is 0.0627. The van der Waals surface area contributed by atoms with Crippen LogP contribution in [0.4, 0.5) is 0 Å². The molecule has 1 saturated heterocycles. The minimum atomic E-state index is -0.275. The monoisotopic (exact) mass is 494 g/mol. The van der Waals surface area contributed by atoms with Gasteiger partial charge in [-0.05, 0) is 39.8 Å². The van der Waals surface area contributed by atoms with Crippen molar-refractivity contribution >= 4 is 11.8 Å². The Morgan fingerprint density at radius 3 is 1.50 bits per heavy atom. The lowest BCUT2D eigenvalue weighted by Gasteiger charge is -2.34. The molecule has 0 N–H and O–H groups in total. The average Bonchev–Trinajstić information content (AvgIpc) is 3.34. The molecule has 0 aliphatic carbocycles. The largest absolute Gasteiger partial charge is 0.483 e. The number of carbonyl (C=O) groups excluding carboxylic acids is 2. The van der Waals surface area contributed by atoms with E-state index in [4.69, 9.17) is 18.9 Å². The minimum Gasteiger partial charge on any atom is -0.483 e. The van der Waals surface area contributed by atoms with Crippen LogP contribution in [0.3, 0.4) is 0 Å². The van der Waals surface area contributed by atoms with E-state index < -0.39 is 0 Å². The van der Waals surface area contributed by atoms with Crippen molar-refractivity contribution in [2.24, 2.45) is 0 Å². The molecule has 2 aromatic carbocycles. The van der Waals surface area contributed by atoms with Crippen LogP contribution in [0.1, 0.15) is 38.8 Å². The van der Waals surface area contributed by atoms with E-state index in [-0.39, 0.29) is 36.2 Å². The van der Waals surface area contributed by atoms with Crippen LogP contribution in [0.5, 0.6) is 23.0 Å². The summed E-state index contributed by atoms with van der Waals surface area (Å²) >= 11 is 0. The summed E-state index contributed by atoms with van der Waals surface area (Å²) in [5, 5.41) is 0. The zero-order chi connectivity index (χ0) is 25.5. The summed E-state index contributed by atoms with van der Waals surface area (Å²) in [6.45, 7) is 9.86. The van der Waals surface area contributed by atoms with Gasteiger partial charge in [0.25, 0.3) is 11.8 Å². The smallest absolute Gasteiger partial charge is 0.260 e. The van der Waals surface area contributed by atoms with Crippen LogP contribution in [0.2, 0.25) is 0 Å². The molecule has 0 atom stereocenters. The second-order valence-electron chi connectivity index (χ2n) is 10.9. The SMILES string of the molecule is CC1(C)Cc2cccc(OCC(=O)N3CCN(C(=O)COc4cccc5c4OC(C)(C)C5)CC3)c2O1. The van der Waals surface area contributed by atoms with E-state index in [2.05, 4.69) is 0 Å². The normalized spacial score (nSPS) is 19.1. The van der Waals surface area contributed by atoms with Crippen molar-refractivity contribution in [2.45, 2.75) is 51.7 Å². The number of para-hydroxylation sites is 2. The highest BCUT2D eigenvalue weighted by molar-refractivity contribution is 5.80. The Balaban J connectivity index is 1.09. The molecule has 0 aromatic heterocycles. The second-order valence-corrected chi connectivity index (χ2v) is 10.9. The van der Waals surface area contributed by atoms with E-state index in [1.54, 1.807) is 9.80 Å². The van der Waals surface area contributed by atoms with Crippen LogP contribution in [-0.4, -0.2) is 72.2 Å². The molecule has 8 nitrogen and oxygen atoms in total. The van der Waals surface area contributed by atoms with Crippen LogP contribution < -0.4 is 18.9 Å². The molecule has 3 heterocycles. The molecule has 3 aliphatic rings. The van der Waals surface area contributed by atoms with Gasteiger partial charge in [0.15, 0.2) is 36.2 Å². The third-order valence-electron chi connectivity index (χ3n) is 6.80. The highest BCUT2D eigenvalue weighted by atomic mass is 16.5. The quantitative estimate of drug-likeness (QED) is 0.614. The number of fused-ring (bicyclic) bond motifs is 2. The molecule has 8 heteroatoms. The Labute approximate surface area is 212 Å². The van der Waals surface area contributed by atoms with Crippen molar-refractivity contribution in [1.82, 2.24) is 9.80 Å². The first-order chi connectivity index (χ1) is 17.1. The van der Waals surface area contributed by atoms with E-state index in [0.717, 1.165) is 35.5 Å². The maximum atomic E-state index is 12.8. The van der Waals surface area contributed by atoms with Crippen molar-refractivity contribution < 1.29 is 28.5 Å². The fourth-order valence-electron chi connectivity index (χ4n) is 5.07. The van der Waals surface area contributed by atoms with Crippen LogP contribution in [0.25, 0.3) is 0 Å². The van der Waals surface area contributed by atoms with E-state index in [1.165, 1.54) is 0 Å². The predicted octanol–water partition coefficient (Wildman–Crippen LogP) is 3.24. The van der Waals surface area contributed by atoms with E-state index in [9.17, 15) is 9.59 Å². The summed E-state index contributed by atoms with van der Waals surface area (Å²) in [6.07, 6.45) is 1.62. The first-order valence-corrected chi connectivity index (χ1v) is 12.5. The number of hydrogen-bond acceptors (Lipinski definition) is 6. The van der Waals surface area contributed by atoms with Gasteiger partial charge in [0.2, 0.25) is 0 Å². The average molecular weight is 495 g/mol. The molecule has 36 heavy (non-hydrogen) atoms. The molecule has 192 valence electrons.